The summed E-state index contributed by atoms with van der Waals surface area (Å²) < 4.78 is 5.40. The maximum Gasteiger partial charge on any atom is 0.268 e. The SMILES string of the molecule is c1ccc(C(N=Nc2ccc(N3CCOCC3)cc2)N=Nc2ncccn2)cc1. The summed E-state index contributed by atoms with van der Waals surface area (Å²) in [5, 5.41) is 17.2. The summed E-state index contributed by atoms with van der Waals surface area (Å²) in [6, 6.07) is 19.4. The number of azo groups is 2. The van der Waals surface area contributed by atoms with Crippen LogP contribution < -0.4 is 4.90 Å². The first kappa shape index (κ1) is 18.8. The fourth-order valence-electron chi connectivity index (χ4n) is 2.90. The number of morpholine rings is 1. The van der Waals surface area contributed by atoms with E-state index >= 15 is 0 Å². The molecule has 1 unspecified atom stereocenters. The Hall–Kier alpha value is -3.52. The molecule has 3 aromatic rings. The topological polar surface area (TPSA) is 87.7 Å². The number of benzene rings is 2. The highest BCUT2D eigenvalue weighted by atomic mass is 16.5. The molecule has 2 aromatic carbocycles. The van der Waals surface area contributed by atoms with Crippen molar-refractivity contribution >= 4 is 17.3 Å². The molecule has 0 radical (unpaired) electrons. The summed E-state index contributed by atoms with van der Waals surface area (Å²) in [7, 11) is 0. The number of aromatic nitrogens is 2. The van der Waals surface area contributed by atoms with Crippen LogP contribution in [0.2, 0.25) is 0 Å². The molecule has 8 heteroatoms. The Balaban J connectivity index is 1.50. The Morgan fingerprint density at radius 2 is 1.48 bits per heavy atom. The highest BCUT2D eigenvalue weighted by molar-refractivity contribution is 5.52. The second-order valence-electron chi connectivity index (χ2n) is 6.38. The minimum absolute atomic E-state index is 0.290. The summed E-state index contributed by atoms with van der Waals surface area (Å²) in [5.74, 6) is 0.290. The number of rotatable bonds is 6. The highest BCUT2D eigenvalue weighted by Gasteiger charge is 2.11. The van der Waals surface area contributed by atoms with E-state index in [0.717, 1.165) is 43.2 Å². The Morgan fingerprint density at radius 3 is 2.21 bits per heavy atom. The molecule has 4 rings (SSSR count). The summed E-state index contributed by atoms with van der Waals surface area (Å²) >= 11 is 0. The molecule has 8 nitrogen and oxygen atoms in total. The molecule has 1 aliphatic rings. The Bertz CT molecular complexity index is 940. The van der Waals surface area contributed by atoms with E-state index in [1.165, 1.54) is 0 Å². The lowest BCUT2D eigenvalue weighted by atomic mass is 10.2. The lowest BCUT2D eigenvalue weighted by molar-refractivity contribution is 0.122. The molecule has 1 fully saturated rings. The van der Waals surface area contributed by atoms with Gasteiger partial charge < -0.3 is 9.64 Å². The van der Waals surface area contributed by atoms with Crippen molar-refractivity contribution in [1.82, 2.24) is 9.97 Å². The van der Waals surface area contributed by atoms with Crippen molar-refractivity contribution < 1.29 is 4.74 Å². The quantitative estimate of drug-likeness (QED) is 0.564. The molecule has 0 spiro atoms. The summed E-state index contributed by atoms with van der Waals surface area (Å²) in [5.41, 5.74) is 2.81. The molecular weight excluding hydrogens is 366 g/mol. The maximum atomic E-state index is 5.40. The lowest BCUT2D eigenvalue weighted by Crippen LogP contribution is -2.36. The van der Waals surface area contributed by atoms with Crippen molar-refractivity contribution in [2.24, 2.45) is 20.5 Å². The molecular formula is C21H21N7O. The Morgan fingerprint density at radius 1 is 0.793 bits per heavy atom. The summed E-state index contributed by atoms with van der Waals surface area (Å²) in [6.45, 7) is 3.32. The molecule has 146 valence electrons. The van der Waals surface area contributed by atoms with Crippen LogP contribution in [0.3, 0.4) is 0 Å². The smallest absolute Gasteiger partial charge is 0.268 e. The van der Waals surface area contributed by atoms with Gasteiger partial charge in [0.05, 0.1) is 18.9 Å². The van der Waals surface area contributed by atoms with Crippen LogP contribution in [-0.4, -0.2) is 36.3 Å². The zero-order valence-electron chi connectivity index (χ0n) is 15.9. The van der Waals surface area contributed by atoms with Crippen LogP contribution in [0.1, 0.15) is 11.7 Å². The van der Waals surface area contributed by atoms with Gasteiger partial charge in [0, 0.05) is 36.7 Å². The van der Waals surface area contributed by atoms with E-state index in [4.69, 9.17) is 4.74 Å². The highest BCUT2D eigenvalue weighted by Crippen LogP contribution is 2.25. The van der Waals surface area contributed by atoms with E-state index in [1.807, 2.05) is 42.5 Å². The number of ether oxygens (including phenoxy) is 1. The van der Waals surface area contributed by atoms with E-state index in [0.29, 0.717) is 5.95 Å². The zero-order chi connectivity index (χ0) is 19.7. The third-order valence-electron chi connectivity index (χ3n) is 4.41. The molecule has 29 heavy (non-hydrogen) atoms. The van der Waals surface area contributed by atoms with Crippen molar-refractivity contribution in [3.8, 4) is 0 Å². The van der Waals surface area contributed by atoms with Crippen LogP contribution in [0, 0.1) is 0 Å². The normalized spacial score (nSPS) is 15.8. The predicted molar refractivity (Wildman–Crippen MR) is 110 cm³/mol. The van der Waals surface area contributed by atoms with Crippen LogP contribution in [0.15, 0.2) is 93.5 Å². The first-order valence-electron chi connectivity index (χ1n) is 9.45. The van der Waals surface area contributed by atoms with Crippen LogP contribution in [0.5, 0.6) is 0 Å². The van der Waals surface area contributed by atoms with Crippen molar-refractivity contribution in [3.63, 3.8) is 0 Å². The molecule has 1 atom stereocenters. The molecule has 1 aliphatic heterocycles. The fraction of sp³-hybridized carbons (Fsp3) is 0.238. The monoisotopic (exact) mass is 387 g/mol. The van der Waals surface area contributed by atoms with Gasteiger partial charge in [0.15, 0.2) is 0 Å². The third-order valence-corrected chi connectivity index (χ3v) is 4.41. The number of hydrogen-bond donors (Lipinski definition) is 0. The minimum atomic E-state index is -0.570. The van der Waals surface area contributed by atoms with Gasteiger partial charge in [0.2, 0.25) is 6.17 Å². The molecule has 0 bridgehead atoms. The molecule has 1 aromatic heterocycles. The van der Waals surface area contributed by atoms with Gasteiger partial charge in [-0.15, -0.1) is 5.11 Å². The first-order chi connectivity index (χ1) is 14.4. The van der Waals surface area contributed by atoms with Gasteiger partial charge in [-0.1, -0.05) is 30.3 Å². The standard InChI is InChI=1S/C21H21N7O/c1-2-5-17(6-3-1)20(26-27-21-22-11-4-12-23-21)25-24-18-7-9-19(10-8-18)28-13-15-29-16-14-28/h1-12,20H,13-16H2. The largest absolute Gasteiger partial charge is 0.378 e. The Labute approximate surface area is 169 Å². The second-order valence-corrected chi connectivity index (χ2v) is 6.38. The molecule has 0 aliphatic carbocycles. The Kier molecular flexibility index (Phi) is 6.24. The van der Waals surface area contributed by atoms with Crippen LogP contribution in [-0.2, 0) is 4.74 Å². The van der Waals surface area contributed by atoms with E-state index in [-0.39, 0.29) is 0 Å². The van der Waals surface area contributed by atoms with Crippen molar-refractivity contribution in [3.05, 3.63) is 78.6 Å². The minimum Gasteiger partial charge on any atom is -0.378 e. The molecule has 0 saturated carbocycles. The van der Waals surface area contributed by atoms with Gasteiger partial charge >= 0.3 is 0 Å². The van der Waals surface area contributed by atoms with Crippen molar-refractivity contribution in [2.45, 2.75) is 6.17 Å². The van der Waals surface area contributed by atoms with Gasteiger partial charge in [-0.05, 0) is 30.3 Å². The fourth-order valence-corrected chi connectivity index (χ4v) is 2.90. The van der Waals surface area contributed by atoms with E-state index in [2.05, 4.69) is 47.5 Å². The predicted octanol–water partition coefficient (Wildman–Crippen LogP) is 4.88. The van der Waals surface area contributed by atoms with E-state index < -0.39 is 6.17 Å². The molecule has 0 amide bonds. The van der Waals surface area contributed by atoms with Gasteiger partial charge in [-0.3, -0.25) is 0 Å². The van der Waals surface area contributed by atoms with Gasteiger partial charge in [-0.2, -0.15) is 15.3 Å². The van der Waals surface area contributed by atoms with Crippen molar-refractivity contribution in [1.29, 1.82) is 0 Å². The number of nitrogens with zero attached hydrogens (tertiary/aromatic N) is 7. The number of hydrogen-bond acceptors (Lipinski definition) is 8. The van der Waals surface area contributed by atoms with E-state index in [1.54, 1.807) is 18.5 Å². The average Bonchev–Trinajstić information content (AvgIpc) is 2.81. The summed E-state index contributed by atoms with van der Waals surface area (Å²) in [6.07, 6.45) is 2.67. The van der Waals surface area contributed by atoms with Gasteiger partial charge in [-0.25, -0.2) is 9.97 Å². The van der Waals surface area contributed by atoms with Crippen LogP contribution in [0.25, 0.3) is 0 Å². The number of anilines is 1. The molecule has 0 N–H and O–H groups in total. The van der Waals surface area contributed by atoms with E-state index in [9.17, 15) is 0 Å². The van der Waals surface area contributed by atoms with Crippen LogP contribution >= 0.6 is 0 Å². The second kappa shape index (κ2) is 9.61. The van der Waals surface area contributed by atoms with Gasteiger partial charge in [0.25, 0.3) is 5.95 Å². The molecule has 2 heterocycles. The van der Waals surface area contributed by atoms with Crippen molar-refractivity contribution in [2.75, 3.05) is 31.2 Å². The molecule has 1 saturated heterocycles. The zero-order valence-corrected chi connectivity index (χ0v) is 15.9. The third kappa shape index (κ3) is 5.26. The summed E-state index contributed by atoms with van der Waals surface area (Å²) in [4.78, 5) is 10.4. The first-order valence-corrected chi connectivity index (χ1v) is 9.45. The average molecular weight is 387 g/mol. The lowest BCUT2D eigenvalue weighted by Gasteiger charge is -2.28. The van der Waals surface area contributed by atoms with Gasteiger partial charge in [0.1, 0.15) is 0 Å². The maximum absolute atomic E-state index is 5.40. The van der Waals surface area contributed by atoms with Crippen LogP contribution in [0.4, 0.5) is 17.3 Å².